The van der Waals surface area contributed by atoms with Crippen LogP contribution in [0.25, 0.3) is 11.4 Å². The van der Waals surface area contributed by atoms with E-state index in [0.29, 0.717) is 17.4 Å². The molecule has 0 aromatic carbocycles. The van der Waals surface area contributed by atoms with Crippen molar-refractivity contribution in [3.8, 4) is 11.4 Å². The van der Waals surface area contributed by atoms with E-state index in [1.807, 2.05) is 26.0 Å². The monoisotopic (exact) mass is 407 g/mol. The summed E-state index contributed by atoms with van der Waals surface area (Å²) in [4.78, 5) is 27.9. The van der Waals surface area contributed by atoms with Crippen molar-refractivity contribution in [1.29, 1.82) is 0 Å². The van der Waals surface area contributed by atoms with E-state index < -0.39 is 6.04 Å². The third-order valence-corrected chi connectivity index (χ3v) is 5.04. The Morgan fingerprint density at radius 1 is 1.13 bits per heavy atom. The largest absolute Gasteiger partial charge is 0.355 e. The predicted octanol–water partition coefficient (Wildman–Crippen LogP) is 3.65. The van der Waals surface area contributed by atoms with Gasteiger partial charge in [0.15, 0.2) is 5.82 Å². The molecule has 1 saturated heterocycles. The normalized spacial score (nSPS) is 14.7. The molecule has 9 nitrogen and oxygen atoms in total. The van der Waals surface area contributed by atoms with Gasteiger partial charge in [0.25, 0.3) is 0 Å². The van der Waals surface area contributed by atoms with Crippen LogP contribution in [0, 0.1) is 5.92 Å². The summed E-state index contributed by atoms with van der Waals surface area (Å²) in [6.45, 7) is 5.87. The first-order chi connectivity index (χ1) is 14.6. The van der Waals surface area contributed by atoms with Crippen molar-refractivity contribution in [3.05, 3.63) is 48.7 Å². The molecule has 9 heteroatoms. The molecule has 0 aliphatic carbocycles. The Balaban J connectivity index is 1.48. The minimum atomic E-state index is -0.431. The number of amides is 2. The average Bonchev–Trinajstić information content (AvgIpc) is 3.45. The molecular weight excluding hydrogens is 382 g/mol. The second-order valence-electron chi connectivity index (χ2n) is 7.58. The van der Waals surface area contributed by atoms with Gasteiger partial charge in [0, 0.05) is 37.2 Å². The molecule has 0 radical (unpaired) electrons. The molecule has 0 saturated carbocycles. The van der Waals surface area contributed by atoms with Crippen LogP contribution in [0.5, 0.6) is 0 Å². The van der Waals surface area contributed by atoms with Crippen LogP contribution in [0.3, 0.4) is 0 Å². The molecule has 1 fully saturated rings. The summed E-state index contributed by atoms with van der Waals surface area (Å²) in [7, 11) is 0. The second-order valence-corrected chi connectivity index (χ2v) is 7.58. The summed E-state index contributed by atoms with van der Waals surface area (Å²) >= 11 is 0. The Morgan fingerprint density at radius 2 is 1.90 bits per heavy atom. The molecule has 1 atom stereocenters. The number of aromatic nitrogens is 4. The molecule has 0 bridgehead atoms. The van der Waals surface area contributed by atoms with Crippen LogP contribution >= 0.6 is 0 Å². The van der Waals surface area contributed by atoms with Crippen molar-refractivity contribution in [2.24, 2.45) is 5.92 Å². The van der Waals surface area contributed by atoms with Crippen LogP contribution < -0.4 is 15.5 Å². The fraction of sp³-hybridized carbons (Fsp3) is 0.381. The van der Waals surface area contributed by atoms with Gasteiger partial charge in [-0.15, -0.1) is 0 Å². The Labute approximate surface area is 174 Å². The first kappa shape index (κ1) is 19.8. The maximum atomic E-state index is 12.8. The third kappa shape index (κ3) is 4.40. The molecule has 30 heavy (non-hydrogen) atoms. The zero-order valence-corrected chi connectivity index (χ0v) is 17.1. The number of carbonyl (C=O) groups is 1. The van der Waals surface area contributed by atoms with Crippen molar-refractivity contribution >= 4 is 17.5 Å². The molecule has 2 N–H and O–H groups in total. The predicted molar refractivity (Wildman–Crippen MR) is 113 cm³/mol. The molecule has 2 amide bonds. The number of nitrogens with one attached hydrogen (secondary N) is 2. The van der Waals surface area contributed by atoms with E-state index in [2.05, 4.69) is 35.6 Å². The number of rotatable bonds is 6. The Kier molecular flexibility index (Phi) is 5.87. The Hall–Kier alpha value is -3.49. The van der Waals surface area contributed by atoms with E-state index in [0.717, 1.165) is 37.3 Å². The summed E-state index contributed by atoms with van der Waals surface area (Å²) in [6, 6.07) is 6.52. The van der Waals surface area contributed by atoms with Gasteiger partial charge in [0.05, 0.1) is 5.69 Å². The molecular formula is C21H25N7O2. The number of hydrogen-bond acceptors (Lipinski definition) is 7. The zero-order valence-electron chi connectivity index (χ0n) is 17.1. The van der Waals surface area contributed by atoms with Crippen LogP contribution in [0.4, 0.5) is 16.3 Å². The van der Waals surface area contributed by atoms with Gasteiger partial charge in [-0.2, -0.15) is 4.98 Å². The molecule has 4 rings (SSSR count). The summed E-state index contributed by atoms with van der Waals surface area (Å²) in [6.07, 6.45) is 7.35. The molecule has 1 aliphatic rings. The van der Waals surface area contributed by atoms with Crippen molar-refractivity contribution in [2.45, 2.75) is 32.7 Å². The highest BCUT2D eigenvalue weighted by Crippen LogP contribution is 2.27. The summed E-state index contributed by atoms with van der Waals surface area (Å²) < 4.78 is 5.45. The standard InChI is InChI=1S/C21H25N7O2/c1-14(2)17(20-26-18(27-30-20)15-7-10-22-11-8-15)25-21(29)24-16-6-5-9-23-19(16)28-12-3-4-13-28/h5-11,14,17H,3-4,12-13H2,1-2H3,(H2,24,25,29). The molecule has 4 heterocycles. The van der Waals surface area contributed by atoms with Crippen molar-refractivity contribution in [2.75, 3.05) is 23.3 Å². The van der Waals surface area contributed by atoms with Crippen LogP contribution in [0.1, 0.15) is 38.6 Å². The van der Waals surface area contributed by atoms with Crippen molar-refractivity contribution < 1.29 is 9.32 Å². The van der Waals surface area contributed by atoms with Crippen LogP contribution in [0.2, 0.25) is 0 Å². The fourth-order valence-corrected chi connectivity index (χ4v) is 3.47. The number of urea groups is 1. The summed E-state index contributed by atoms with van der Waals surface area (Å²) in [5, 5.41) is 9.93. The smallest absolute Gasteiger partial charge is 0.320 e. The first-order valence-electron chi connectivity index (χ1n) is 10.1. The fourth-order valence-electron chi connectivity index (χ4n) is 3.47. The minimum Gasteiger partial charge on any atom is -0.355 e. The highest BCUT2D eigenvalue weighted by molar-refractivity contribution is 5.92. The quantitative estimate of drug-likeness (QED) is 0.642. The molecule has 3 aromatic rings. The highest BCUT2D eigenvalue weighted by atomic mass is 16.5. The number of pyridine rings is 2. The average molecular weight is 407 g/mol. The lowest BCUT2D eigenvalue weighted by atomic mass is 10.0. The highest BCUT2D eigenvalue weighted by Gasteiger charge is 2.26. The number of hydrogen-bond donors (Lipinski definition) is 2. The maximum absolute atomic E-state index is 12.8. The van der Waals surface area contributed by atoms with Gasteiger partial charge in [0.2, 0.25) is 11.7 Å². The van der Waals surface area contributed by atoms with Crippen LogP contribution in [-0.4, -0.2) is 39.2 Å². The number of carbonyl (C=O) groups excluding carboxylic acids is 1. The van der Waals surface area contributed by atoms with Gasteiger partial charge in [0.1, 0.15) is 6.04 Å². The van der Waals surface area contributed by atoms with Gasteiger partial charge in [-0.1, -0.05) is 19.0 Å². The summed E-state index contributed by atoms with van der Waals surface area (Å²) in [5.41, 5.74) is 1.49. The van der Waals surface area contributed by atoms with E-state index in [9.17, 15) is 4.79 Å². The van der Waals surface area contributed by atoms with Gasteiger partial charge in [-0.25, -0.2) is 9.78 Å². The number of anilines is 2. The lowest BCUT2D eigenvalue weighted by Crippen LogP contribution is -2.36. The van der Waals surface area contributed by atoms with Gasteiger partial charge < -0.3 is 20.1 Å². The summed E-state index contributed by atoms with van der Waals surface area (Å²) in [5.74, 6) is 1.67. The van der Waals surface area contributed by atoms with E-state index >= 15 is 0 Å². The van der Waals surface area contributed by atoms with Crippen molar-refractivity contribution in [1.82, 2.24) is 25.4 Å². The lowest BCUT2D eigenvalue weighted by molar-refractivity contribution is 0.236. The van der Waals surface area contributed by atoms with Gasteiger partial charge >= 0.3 is 6.03 Å². The van der Waals surface area contributed by atoms with Gasteiger partial charge in [-0.3, -0.25) is 4.98 Å². The maximum Gasteiger partial charge on any atom is 0.320 e. The molecule has 1 unspecified atom stereocenters. The van der Waals surface area contributed by atoms with E-state index in [1.165, 1.54) is 0 Å². The van der Waals surface area contributed by atoms with E-state index in [4.69, 9.17) is 4.52 Å². The second kappa shape index (κ2) is 8.89. The topological polar surface area (TPSA) is 109 Å². The first-order valence-corrected chi connectivity index (χ1v) is 10.1. The molecule has 1 aliphatic heterocycles. The minimum absolute atomic E-state index is 0.0495. The van der Waals surface area contributed by atoms with E-state index in [1.54, 1.807) is 30.7 Å². The SMILES string of the molecule is CC(C)C(NC(=O)Nc1cccnc1N1CCCC1)c1nc(-c2ccncc2)no1. The molecule has 3 aromatic heterocycles. The van der Waals surface area contributed by atoms with Crippen LogP contribution in [-0.2, 0) is 0 Å². The van der Waals surface area contributed by atoms with Gasteiger partial charge in [-0.05, 0) is 43.0 Å². The molecule has 0 spiro atoms. The van der Waals surface area contributed by atoms with E-state index in [-0.39, 0.29) is 11.9 Å². The third-order valence-electron chi connectivity index (χ3n) is 5.04. The molecule has 156 valence electrons. The van der Waals surface area contributed by atoms with Crippen LogP contribution in [0.15, 0.2) is 47.4 Å². The number of nitrogens with zero attached hydrogens (tertiary/aromatic N) is 5. The Morgan fingerprint density at radius 3 is 2.63 bits per heavy atom. The van der Waals surface area contributed by atoms with Crippen molar-refractivity contribution in [3.63, 3.8) is 0 Å². The Bertz CT molecular complexity index is 984. The zero-order chi connectivity index (χ0) is 20.9. The lowest BCUT2D eigenvalue weighted by Gasteiger charge is -2.22.